The normalized spacial score (nSPS) is 13.8. The molecule has 0 aliphatic rings. The number of benzene rings is 1. The Morgan fingerprint density at radius 1 is 1.45 bits per heavy atom. The molecule has 0 spiro atoms. The molecule has 0 aliphatic carbocycles. The summed E-state index contributed by atoms with van der Waals surface area (Å²) in [6.45, 7) is 4.56. The van der Waals surface area contributed by atoms with Gasteiger partial charge in [0, 0.05) is 11.6 Å². The summed E-state index contributed by atoms with van der Waals surface area (Å²) in [7, 11) is 1.53. The van der Waals surface area contributed by atoms with Crippen LogP contribution in [0.5, 0.6) is 5.75 Å². The quantitative estimate of drug-likeness (QED) is 0.678. The van der Waals surface area contributed by atoms with Crippen molar-refractivity contribution in [3.8, 4) is 5.75 Å². The molecule has 2 atom stereocenters. The Labute approximate surface area is 119 Å². The zero-order valence-electron chi connectivity index (χ0n) is 12.2. The molecule has 0 saturated carbocycles. The molecule has 2 unspecified atom stereocenters. The van der Waals surface area contributed by atoms with Gasteiger partial charge in [-0.1, -0.05) is 18.6 Å². The highest BCUT2D eigenvalue weighted by molar-refractivity contribution is 5.67. The van der Waals surface area contributed by atoms with Crippen LogP contribution in [0.1, 0.15) is 37.0 Å². The predicted molar refractivity (Wildman–Crippen MR) is 77.0 cm³/mol. The van der Waals surface area contributed by atoms with Gasteiger partial charge >= 0.3 is 5.97 Å². The van der Waals surface area contributed by atoms with Crippen molar-refractivity contribution in [3.63, 3.8) is 0 Å². The topological polar surface area (TPSA) is 78.8 Å². The van der Waals surface area contributed by atoms with Crippen molar-refractivity contribution in [2.24, 2.45) is 0 Å². The van der Waals surface area contributed by atoms with Crippen LogP contribution in [0.25, 0.3) is 0 Å². The number of carbonyl (C=O) groups is 1. The average Bonchev–Trinajstić information content (AvgIpc) is 2.42. The minimum atomic E-state index is -0.940. The van der Waals surface area contributed by atoms with Gasteiger partial charge in [-0.2, -0.15) is 0 Å². The van der Waals surface area contributed by atoms with Crippen LogP contribution in [0.2, 0.25) is 0 Å². The van der Waals surface area contributed by atoms with Crippen LogP contribution in [0.3, 0.4) is 0 Å². The second-order valence-electron chi connectivity index (χ2n) is 4.85. The van der Waals surface area contributed by atoms with E-state index >= 15 is 0 Å². The van der Waals surface area contributed by atoms with Gasteiger partial charge in [-0.25, -0.2) is 0 Å². The van der Waals surface area contributed by atoms with Crippen molar-refractivity contribution < 1.29 is 19.7 Å². The molecule has 0 heterocycles. The molecule has 0 saturated heterocycles. The molecule has 0 fully saturated rings. The smallest absolute Gasteiger partial charge is 0.305 e. The number of aliphatic hydroxyl groups excluding tert-OH is 1. The maximum absolute atomic E-state index is 10.9. The van der Waals surface area contributed by atoms with E-state index in [0.717, 1.165) is 12.0 Å². The Balaban J connectivity index is 3.00. The summed E-state index contributed by atoms with van der Waals surface area (Å²) >= 11 is 0. The van der Waals surface area contributed by atoms with Crippen molar-refractivity contribution in [1.82, 2.24) is 5.32 Å². The van der Waals surface area contributed by atoms with Crippen molar-refractivity contribution in [3.05, 3.63) is 29.3 Å². The number of rotatable bonds is 8. The van der Waals surface area contributed by atoms with E-state index in [1.165, 1.54) is 7.11 Å². The van der Waals surface area contributed by atoms with Gasteiger partial charge in [0.1, 0.15) is 5.75 Å². The zero-order chi connectivity index (χ0) is 15.1. The molecule has 0 amide bonds. The van der Waals surface area contributed by atoms with Gasteiger partial charge in [-0.3, -0.25) is 4.79 Å². The molecular weight excluding hydrogens is 258 g/mol. The molecule has 0 radical (unpaired) electrons. The largest absolute Gasteiger partial charge is 0.496 e. The van der Waals surface area contributed by atoms with E-state index in [0.29, 0.717) is 17.9 Å². The Kier molecular flexibility index (Phi) is 6.48. The number of carboxylic acids is 1. The van der Waals surface area contributed by atoms with Gasteiger partial charge in [0.2, 0.25) is 0 Å². The van der Waals surface area contributed by atoms with Gasteiger partial charge in [0.25, 0.3) is 0 Å². The first-order valence-electron chi connectivity index (χ1n) is 6.77. The maximum atomic E-state index is 10.9. The highest BCUT2D eigenvalue weighted by Gasteiger charge is 2.25. The molecule has 1 aromatic carbocycles. The van der Waals surface area contributed by atoms with Crippen LogP contribution in [-0.2, 0) is 4.79 Å². The van der Waals surface area contributed by atoms with Crippen molar-refractivity contribution in [1.29, 1.82) is 0 Å². The predicted octanol–water partition coefficient (Wildman–Crippen LogP) is 1.88. The lowest BCUT2D eigenvalue weighted by Gasteiger charge is -2.24. The number of nitrogens with one attached hydrogen (secondary N) is 1. The Hall–Kier alpha value is -1.59. The molecule has 5 nitrogen and oxygen atoms in total. The standard InChI is InChI=1S/C15H23NO4/c1-4-7-16-12(9-14(17)18)15(19)11-8-10(2)5-6-13(11)20-3/h5-6,8,12,15-16,19H,4,7,9H2,1-3H3,(H,17,18). The third-order valence-corrected chi connectivity index (χ3v) is 3.14. The SMILES string of the molecule is CCCNC(CC(=O)O)C(O)c1cc(C)ccc1OC. The molecule has 1 rings (SSSR count). The van der Waals surface area contributed by atoms with Gasteiger partial charge in [-0.05, 0) is 32.0 Å². The summed E-state index contributed by atoms with van der Waals surface area (Å²) in [6, 6.07) is 4.96. The van der Waals surface area contributed by atoms with E-state index in [4.69, 9.17) is 9.84 Å². The number of aliphatic carboxylic acids is 1. The van der Waals surface area contributed by atoms with E-state index in [1.807, 2.05) is 26.0 Å². The van der Waals surface area contributed by atoms with Crippen molar-refractivity contribution >= 4 is 5.97 Å². The van der Waals surface area contributed by atoms with Crippen LogP contribution >= 0.6 is 0 Å². The Bertz CT molecular complexity index is 447. The van der Waals surface area contributed by atoms with Crippen LogP contribution in [0.4, 0.5) is 0 Å². The van der Waals surface area contributed by atoms with E-state index in [9.17, 15) is 9.90 Å². The number of hydrogen-bond acceptors (Lipinski definition) is 4. The van der Waals surface area contributed by atoms with Gasteiger partial charge < -0.3 is 20.3 Å². The number of aryl methyl sites for hydroxylation is 1. The first-order chi connectivity index (χ1) is 9.49. The maximum Gasteiger partial charge on any atom is 0.305 e. The van der Waals surface area contributed by atoms with Crippen LogP contribution in [0.15, 0.2) is 18.2 Å². The number of carboxylic acid groups (broad SMARTS) is 1. The second-order valence-corrected chi connectivity index (χ2v) is 4.85. The second kappa shape index (κ2) is 7.87. The van der Waals surface area contributed by atoms with Gasteiger partial charge in [0.05, 0.1) is 19.6 Å². The van der Waals surface area contributed by atoms with Crippen LogP contribution in [0, 0.1) is 6.92 Å². The summed E-state index contributed by atoms with van der Waals surface area (Å²) in [6.07, 6.45) is -0.195. The lowest BCUT2D eigenvalue weighted by atomic mass is 9.97. The molecule has 0 aromatic heterocycles. The number of aliphatic hydroxyl groups is 1. The lowest BCUT2D eigenvalue weighted by Crippen LogP contribution is -2.37. The Morgan fingerprint density at radius 2 is 2.15 bits per heavy atom. The van der Waals surface area contributed by atoms with Crippen molar-refractivity contribution in [2.45, 2.75) is 38.8 Å². The fraction of sp³-hybridized carbons (Fsp3) is 0.533. The fourth-order valence-corrected chi connectivity index (χ4v) is 2.11. The monoisotopic (exact) mass is 281 g/mol. The molecule has 0 aliphatic heterocycles. The van der Waals surface area contributed by atoms with E-state index in [1.54, 1.807) is 6.07 Å². The van der Waals surface area contributed by atoms with Crippen LogP contribution in [-0.4, -0.2) is 35.9 Å². The summed E-state index contributed by atoms with van der Waals surface area (Å²) in [4.78, 5) is 10.9. The minimum absolute atomic E-state index is 0.141. The first-order valence-corrected chi connectivity index (χ1v) is 6.77. The fourth-order valence-electron chi connectivity index (χ4n) is 2.11. The molecular formula is C15H23NO4. The first kappa shape index (κ1) is 16.5. The summed E-state index contributed by atoms with van der Waals surface area (Å²) in [5, 5.41) is 22.5. The molecule has 1 aromatic rings. The highest BCUT2D eigenvalue weighted by atomic mass is 16.5. The Morgan fingerprint density at radius 3 is 2.70 bits per heavy atom. The van der Waals surface area contributed by atoms with E-state index in [2.05, 4.69) is 5.32 Å². The third kappa shape index (κ3) is 4.51. The van der Waals surface area contributed by atoms with E-state index < -0.39 is 18.1 Å². The van der Waals surface area contributed by atoms with Crippen LogP contribution < -0.4 is 10.1 Å². The van der Waals surface area contributed by atoms with E-state index in [-0.39, 0.29) is 6.42 Å². The number of methoxy groups -OCH3 is 1. The third-order valence-electron chi connectivity index (χ3n) is 3.14. The molecule has 20 heavy (non-hydrogen) atoms. The lowest BCUT2D eigenvalue weighted by molar-refractivity contribution is -0.138. The minimum Gasteiger partial charge on any atom is -0.496 e. The average molecular weight is 281 g/mol. The summed E-state index contributed by atoms with van der Waals surface area (Å²) < 4.78 is 5.25. The number of hydrogen-bond donors (Lipinski definition) is 3. The summed E-state index contributed by atoms with van der Waals surface area (Å²) in [5.41, 5.74) is 1.60. The van der Waals surface area contributed by atoms with Crippen molar-refractivity contribution in [2.75, 3.05) is 13.7 Å². The number of ether oxygens (including phenoxy) is 1. The molecule has 0 bridgehead atoms. The summed E-state index contributed by atoms with van der Waals surface area (Å²) in [5.74, 6) is -0.374. The van der Waals surface area contributed by atoms with Gasteiger partial charge in [0.15, 0.2) is 0 Å². The highest BCUT2D eigenvalue weighted by Crippen LogP contribution is 2.29. The molecule has 3 N–H and O–H groups in total. The van der Waals surface area contributed by atoms with Gasteiger partial charge in [-0.15, -0.1) is 0 Å². The molecule has 5 heteroatoms. The molecule has 112 valence electrons. The zero-order valence-corrected chi connectivity index (χ0v) is 12.2.